The van der Waals surface area contributed by atoms with Crippen LogP contribution in [0.4, 0.5) is 62.6 Å². The molecule has 5 heterocycles. The van der Waals surface area contributed by atoms with E-state index >= 15 is 0 Å². The van der Waals surface area contributed by atoms with Gasteiger partial charge in [-0.05, 0) is 288 Å². The predicted molar refractivity (Wildman–Crippen MR) is 570 cm³/mol. The van der Waals surface area contributed by atoms with Gasteiger partial charge in [0, 0.05) is 103 Å². The summed E-state index contributed by atoms with van der Waals surface area (Å²) in [6, 6.07) is 69.0. The number of hydrogen-bond acceptors (Lipinski definition) is 17. The van der Waals surface area contributed by atoms with Crippen molar-refractivity contribution in [1.29, 1.82) is 0 Å². The van der Waals surface area contributed by atoms with Gasteiger partial charge < -0.3 is 37.2 Å². The summed E-state index contributed by atoms with van der Waals surface area (Å²) in [6.45, 7) is 3.46. The molecular weight excluding hydrogens is 2060 g/mol. The molecule has 0 radical (unpaired) electrons. The Balaban J connectivity index is 0.000000150. The van der Waals surface area contributed by atoms with Crippen LogP contribution in [0.25, 0.3) is 22.3 Å². The molecule has 736 valence electrons. The van der Waals surface area contributed by atoms with Crippen LogP contribution in [0.1, 0.15) is 155 Å². The highest BCUT2D eigenvalue weighted by Gasteiger charge is 2.31. The first-order chi connectivity index (χ1) is 67.9. The number of hydrogen-bond donors (Lipinski definition) is 7. The third-order valence-corrected chi connectivity index (χ3v) is 32.9. The number of rotatable bonds is 19. The van der Waals surface area contributed by atoms with Crippen molar-refractivity contribution in [3.8, 4) is 11.3 Å². The molecule has 7 amide bonds. The van der Waals surface area contributed by atoms with Gasteiger partial charge in [-0.3, -0.25) is 55.8 Å². The Morgan fingerprint density at radius 2 is 0.599 bits per heavy atom. The van der Waals surface area contributed by atoms with E-state index in [0.717, 1.165) is 62.4 Å². The van der Waals surface area contributed by atoms with Gasteiger partial charge in [0.05, 0.1) is 116 Å². The second kappa shape index (κ2) is 47.7. The van der Waals surface area contributed by atoms with Gasteiger partial charge in [-0.25, -0.2) is 38.7 Å². The minimum atomic E-state index is -3.43. The summed E-state index contributed by atoms with van der Waals surface area (Å²) < 4.78 is 106. The van der Waals surface area contributed by atoms with Crippen LogP contribution < -0.4 is 54.4 Å². The minimum Gasteiger partial charge on any atom is -0.322 e. The molecule has 0 saturated carbocycles. The summed E-state index contributed by atoms with van der Waals surface area (Å²) in [6.07, 6.45) is 10.9. The molecule has 142 heavy (non-hydrogen) atoms. The maximum absolute atomic E-state index is 13.0. The third kappa shape index (κ3) is 27.7. The van der Waals surface area contributed by atoms with Gasteiger partial charge in [-0.1, -0.05) is 149 Å². The SMILES string of the molecule is Cc1cc(N2CCCCCS2(=O)=O)ccc1C(=O)Nc1ccc(Cl)c(NC(=O)c2cccc(Cl)c2)c1.O=C(Nc1cc(NC(=O)c2ccc(N3CCCCCS3(=O)=O)cc2Cl)ccc1Cl)c1cccc(Cl)c1.O=C(Nc1ccc(Cl)c(-c2cnc3ccccc3n2)c1)c1ccc(N2CCCCCS2(=O)=O)cc1.O=C(Nc1ccc(Cl)c(NC(=O)c2cccc(Cl)c2)c1)c1ccc(N2CCCCCS2(=O)=O)cc1. The van der Waals surface area contributed by atoms with E-state index in [1.807, 2.05) is 24.3 Å². The molecule has 7 N–H and O–H groups in total. The van der Waals surface area contributed by atoms with Gasteiger partial charge in [0.25, 0.3) is 41.4 Å². The molecule has 28 nitrogen and oxygen atoms in total. The Labute approximate surface area is 862 Å². The molecule has 17 rings (SSSR count). The fourth-order valence-corrected chi connectivity index (χ4v) is 23.8. The first-order valence-electron chi connectivity index (χ1n) is 44.9. The first-order valence-corrected chi connectivity index (χ1v) is 54.4. The van der Waals surface area contributed by atoms with Crippen molar-refractivity contribution >= 4 is 248 Å². The largest absolute Gasteiger partial charge is 0.322 e. The van der Waals surface area contributed by atoms with Gasteiger partial charge in [-0.15, -0.1) is 0 Å². The number of carbonyl (C=O) groups is 7. The Kier molecular flexibility index (Phi) is 35.4. The molecule has 4 fully saturated rings. The van der Waals surface area contributed by atoms with E-state index in [0.29, 0.717) is 195 Å². The molecule has 12 aromatic carbocycles. The lowest BCUT2D eigenvalue weighted by molar-refractivity contribution is 0.101. The van der Waals surface area contributed by atoms with Crippen molar-refractivity contribution in [2.45, 2.75) is 84.0 Å². The summed E-state index contributed by atoms with van der Waals surface area (Å²) in [5.41, 5.74) is 10.8. The summed E-state index contributed by atoms with van der Waals surface area (Å²) >= 11 is 49.4. The summed E-state index contributed by atoms with van der Waals surface area (Å²) in [7, 11) is -13.5. The normalized spacial score (nSPS) is 15.2. The van der Waals surface area contributed by atoms with Crippen LogP contribution in [0.15, 0.2) is 261 Å². The van der Waals surface area contributed by atoms with E-state index < -0.39 is 63.7 Å². The number of nitrogens with zero attached hydrogens (tertiary/aromatic N) is 6. The number of aryl methyl sites for hydroxylation is 1. The van der Waals surface area contributed by atoms with Crippen molar-refractivity contribution in [2.75, 3.05) is 104 Å². The van der Waals surface area contributed by atoms with E-state index in [9.17, 15) is 67.2 Å². The van der Waals surface area contributed by atoms with Gasteiger partial charge >= 0.3 is 0 Å². The molecule has 0 spiro atoms. The minimum absolute atomic E-state index is 0.0829. The molecule has 40 heteroatoms. The van der Waals surface area contributed by atoms with Gasteiger partial charge in [0.15, 0.2) is 0 Å². The number of benzene rings is 12. The number of sulfonamides is 4. The average Bonchev–Trinajstić information content (AvgIpc) is 1.21. The topological polar surface area (TPSA) is 379 Å². The molecule has 0 atom stereocenters. The van der Waals surface area contributed by atoms with Crippen LogP contribution in [0, 0.1) is 6.92 Å². The molecule has 0 unspecified atom stereocenters. The third-order valence-electron chi connectivity index (χ3n) is 23.1. The van der Waals surface area contributed by atoms with Crippen molar-refractivity contribution < 1.29 is 67.2 Å². The summed E-state index contributed by atoms with van der Waals surface area (Å²) in [5.74, 6) is -2.28. The number of amides is 7. The molecule has 4 aliphatic rings. The predicted octanol–water partition coefficient (Wildman–Crippen LogP) is 23.9. The highest BCUT2D eigenvalue weighted by molar-refractivity contribution is 7.93. The lowest BCUT2D eigenvalue weighted by Gasteiger charge is -2.23. The molecule has 0 bridgehead atoms. The standard InChI is InChI=1S/C26H25Cl2N3O4S.C26H23ClN4O3S.C25H22Cl3N3O4S.C25H23Cl2N3O4S/c1-17-14-21(31-12-3-2-4-13-36(31,34)35)9-10-22(17)26(33)29-20-8-11-23(28)24(16-20)30-25(32)18-6-5-7-19(27)15-18;27-22-13-10-19(16-21(22)25-17-28-23-6-2-3-7-24(23)30-25)29-26(32)18-8-11-20(12-9-18)31-14-4-1-5-15-35(31,33)34;26-17-6-4-5-16(13-17)24(32)30-23-14-18(7-10-21(23)27)29-25(33)20-9-8-19(15-22(20)28)31-11-2-1-3-12-36(31,34)35;26-19-6-4-5-18(15-19)25(32)29-23-16-20(9-12-22(23)27)28-24(31)17-7-10-21(11-8-17)30-13-2-1-3-14-35(30,33)34/h5-11,14-16H,2-4,12-13H2,1H3,(H,29,33)(H,30,32);2-3,6-13,16-17H,1,4-5,14-15H2,(H,29,32);4-10,13-15H,1-3,11-12H2,(H,29,33)(H,30,32);4-12,15-16H,1-3,13-14H2,(H,28,31)(H,29,32). The first kappa shape index (κ1) is 105. The quantitative estimate of drug-likeness (QED) is 0.0395. The van der Waals surface area contributed by atoms with Crippen LogP contribution in [0.5, 0.6) is 0 Å². The highest BCUT2D eigenvalue weighted by atomic mass is 35.5. The van der Waals surface area contributed by atoms with E-state index in [4.69, 9.17) is 92.8 Å². The van der Waals surface area contributed by atoms with E-state index in [1.165, 1.54) is 47.6 Å². The number of para-hydroxylation sites is 2. The number of aromatic nitrogens is 2. The second-order valence-electron chi connectivity index (χ2n) is 33.3. The van der Waals surface area contributed by atoms with E-state index in [2.05, 4.69) is 47.2 Å². The lowest BCUT2D eigenvalue weighted by Crippen LogP contribution is -2.32. The van der Waals surface area contributed by atoms with Gasteiger partial charge in [-0.2, -0.15) is 0 Å². The highest BCUT2D eigenvalue weighted by Crippen LogP contribution is 2.38. The molecule has 4 saturated heterocycles. The Morgan fingerprint density at radius 1 is 0.275 bits per heavy atom. The molecule has 4 aliphatic heterocycles. The fraction of sp³-hybridized carbons (Fsp3) is 0.206. The summed E-state index contributed by atoms with van der Waals surface area (Å²) in [5, 5.41) is 22.2. The van der Waals surface area contributed by atoms with Crippen LogP contribution >= 0.6 is 92.8 Å². The lowest BCUT2D eigenvalue weighted by atomic mass is 10.1. The van der Waals surface area contributed by atoms with Crippen LogP contribution in [-0.2, 0) is 40.1 Å². The number of halogens is 8. The number of fused-ring (bicyclic) bond motifs is 1. The van der Waals surface area contributed by atoms with Crippen LogP contribution in [0.2, 0.25) is 40.2 Å². The second-order valence-corrected chi connectivity index (χ2v) is 44.7. The fourth-order valence-electron chi connectivity index (χ4n) is 15.7. The van der Waals surface area contributed by atoms with Gasteiger partial charge in [0.1, 0.15) is 0 Å². The van der Waals surface area contributed by atoms with E-state index in [1.54, 1.807) is 213 Å². The van der Waals surface area contributed by atoms with E-state index in [-0.39, 0.29) is 56.3 Å². The van der Waals surface area contributed by atoms with Crippen molar-refractivity contribution in [3.05, 3.63) is 346 Å². The zero-order valence-corrected chi connectivity index (χ0v) is 85.2. The number of nitrogens with one attached hydrogen (secondary N) is 7. The molecular formula is C102H93Cl8N13O15S4. The number of carbonyl (C=O) groups excluding carboxylic acids is 7. The van der Waals surface area contributed by atoms with Gasteiger partial charge in [0.2, 0.25) is 40.1 Å². The molecule has 13 aromatic rings. The number of anilines is 11. The molecule has 0 aliphatic carbocycles. The Hall–Kier alpha value is -12.4. The van der Waals surface area contributed by atoms with Crippen molar-refractivity contribution in [3.63, 3.8) is 0 Å². The zero-order chi connectivity index (χ0) is 101. The van der Waals surface area contributed by atoms with Crippen LogP contribution in [0.3, 0.4) is 0 Å². The zero-order valence-electron chi connectivity index (χ0n) is 75.9. The Morgan fingerprint density at radius 3 is 0.972 bits per heavy atom. The summed E-state index contributed by atoms with van der Waals surface area (Å²) in [4.78, 5) is 98.4. The maximum atomic E-state index is 13.0. The smallest absolute Gasteiger partial charge is 0.257 e. The monoisotopic (exact) mass is 2150 g/mol. The van der Waals surface area contributed by atoms with Crippen molar-refractivity contribution in [1.82, 2.24) is 9.97 Å². The van der Waals surface area contributed by atoms with Crippen LogP contribution in [-0.4, -0.2) is 134 Å². The average molecular weight is 2150 g/mol. The maximum Gasteiger partial charge on any atom is 0.257 e. The molecule has 1 aromatic heterocycles. The Bertz CT molecular complexity index is 7260. The van der Waals surface area contributed by atoms with Crippen molar-refractivity contribution in [2.24, 2.45) is 0 Å².